The molecule has 1 unspecified atom stereocenters. The third-order valence-corrected chi connectivity index (χ3v) is 2.77. The zero-order chi connectivity index (χ0) is 12.3. The van der Waals surface area contributed by atoms with E-state index in [4.69, 9.17) is 10.00 Å². The van der Waals surface area contributed by atoms with Gasteiger partial charge < -0.3 is 10.1 Å². The molecule has 0 fully saturated rings. The van der Waals surface area contributed by atoms with Gasteiger partial charge in [0.25, 0.3) is 5.91 Å². The van der Waals surface area contributed by atoms with Crippen LogP contribution < -0.4 is 5.32 Å². The Morgan fingerprint density at radius 1 is 1.53 bits per heavy atom. The molecule has 1 aliphatic heterocycles. The predicted molar refractivity (Wildman–Crippen MR) is 62.0 cm³/mol. The number of hydrogen-bond donors (Lipinski definition) is 1. The minimum Gasteiger partial charge on any atom is -0.372 e. The second-order valence-corrected chi connectivity index (χ2v) is 4.22. The minimum absolute atomic E-state index is 0.137. The molecule has 4 heteroatoms. The van der Waals surface area contributed by atoms with Gasteiger partial charge in [0, 0.05) is 12.1 Å². The van der Waals surface area contributed by atoms with Crippen LogP contribution in [0.2, 0.25) is 0 Å². The smallest absolute Gasteiger partial charge is 0.251 e. The van der Waals surface area contributed by atoms with Crippen LogP contribution in [0.5, 0.6) is 0 Å². The van der Waals surface area contributed by atoms with Crippen molar-refractivity contribution < 1.29 is 9.53 Å². The van der Waals surface area contributed by atoms with Gasteiger partial charge in [0.05, 0.1) is 25.2 Å². The van der Waals surface area contributed by atoms with Crippen molar-refractivity contribution in [3.8, 4) is 6.07 Å². The summed E-state index contributed by atoms with van der Waals surface area (Å²) in [5.74, 6) is -0.307. The predicted octanol–water partition coefficient (Wildman–Crippen LogP) is 1.61. The van der Waals surface area contributed by atoms with Crippen molar-refractivity contribution in [1.82, 2.24) is 5.32 Å². The van der Waals surface area contributed by atoms with Crippen LogP contribution in [0.4, 0.5) is 0 Å². The standard InChI is InChI=1S/C13H14N2O2/c1-9(5-14)6-15-13(16)10-2-3-11-7-17-8-12(11)4-10/h2-4,9H,6-8H2,1H3,(H,15,16). The maximum absolute atomic E-state index is 11.8. The number of carbonyl (C=O) groups is 1. The summed E-state index contributed by atoms with van der Waals surface area (Å²) in [6, 6.07) is 7.65. The van der Waals surface area contributed by atoms with Crippen LogP contribution in [0, 0.1) is 17.2 Å². The molecule has 1 atom stereocenters. The number of nitrogens with zero attached hydrogens (tertiary/aromatic N) is 1. The monoisotopic (exact) mass is 230 g/mol. The van der Waals surface area contributed by atoms with Crippen molar-refractivity contribution in [2.75, 3.05) is 6.54 Å². The number of amides is 1. The SMILES string of the molecule is CC(C#N)CNC(=O)c1ccc2c(c1)COC2. The lowest BCUT2D eigenvalue weighted by atomic mass is 10.1. The molecule has 17 heavy (non-hydrogen) atoms. The third-order valence-electron chi connectivity index (χ3n) is 2.77. The van der Waals surface area contributed by atoms with E-state index in [0.29, 0.717) is 25.3 Å². The maximum atomic E-state index is 11.8. The molecule has 88 valence electrons. The quantitative estimate of drug-likeness (QED) is 0.858. The van der Waals surface area contributed by atoms with E-state index >= 15 is 0 Å². The third kappa shape index (κ3) is 2.63. The van der Waals surface area contributed by atoms with Gasteiger partial charge in [0.1, 0.15) is 0 Å². The van der Waals surface area contributed by atoms with E-state index in [2.05, 4.69) is 11.4 Å². The molecular weight excluding hydrogens is 216 g/mol. The molecule has 0 aliphatic carbocycles. The molecular formula is C13H14N2O2. The van der Waals surface area contributed by atoms with Crippen LogP contribution in [0.25, 0.3) is 0 Å². The fourth-order valence-electron chi connectivity index (χ4n) is 1.71. The molecule has 0 saturated heterocycles. The van der Waals surface area contributed by atoms with Crippen molar-refractivity contribution in [3.05, 3.63) is 34.9 Å². The van der Waals surface area contributed by atoms with Gasteiger partial charge in [0.2, 0.25) is 0 Å². The van der Waals surface area contributed by atoms with Crippen LogP contribution in [-0.4, -0.2) is 12.5 Å². The second kappa shape index (κ2) is 4.98. The van der Waals surface area contributed by atoms with Crippen LogP contribution in [-0.2, 0) is 18.0 Å². The van der Waals surface area contributed by atoms with Crippen LogP contribution in [0.1, 0.15) is 28.4 Å². The van der Waals surface area contributed by atoms with E-state index in [0.717, 1.165) is 11.1 Å². The molecule has 1 aliphatic rings. The molecule has 1 N–H and O–H groups in total. The highest BCUT2D eigenvalue weighted by Gasteiger charge is 2.14. The average Bonchev–Trinajstić information content (AvgIpc) is 2.82. The van der Waals surface area contributed by atoms with Gasteiger partial charge in [-0.05, 0) is 30.2 Å². The molecule has 1 heterocycles. The highest BCUT2D eigenvalue weighted by atomic mass is 16.5. The van der Waals surface area contributed by atoms with Gasteiger partial charge >= 0.3 is 0 Å². The molecule has 0 spiro atoms. The fraction of sp³-hybridized carbons (Fsp3) is 0.385. The lowest BCUT2D eigenvalue weighted by Crippen LogP contribution is -2.27. The first-order valence-corrected chi connectivity index (χ1v) is 5.58. The summed E-state index contributed by atoms with van der Waals surface area (Å²) >= 11 is 0. The largest absolute Gasteiger partial charge is 0.372 e. The Balaban J connectivity index is 2.03. The summed E-state index contributed by atoms with van der Waals surface area (Å²) in [5.41, 5.74) is 2.84. The Morgan fingerprint density at radius 3 is 3.06 bits per heavy atom. The number of nitriles is 1. The van der Waals surface area contributed by atoms with E-state index < -0.39 is 0 Å². The number of carbonyl (C=O) groups excluding carboxylic acids is 1. The summed E-state index contributed by atoms with van der Waals surface area (Å²) < 4.78 is 5.29. The number of hydrogen-bond acceptors (Lipinski definition) is 3. The molecule has 1 aromatic carbocycles. The van der Waals surface area contributed by atoms with Gasteiger partial charge in [-0.15, -0.1) is 0 Å². The van der Waals surface area contributed by atoms with Gasteiger partial charge in [-0.2, -0.15) is 5.26 Å². The number of rotatable bonds is 3. The number of benzene rings is 1. The van der Waals surface area contributed by atoms with Crippen LogP contribution >= 0.6 is 0 Å². The number of nitrogens with one attached hydrogen (secondary N) is 1. The van der Waals surface area contributed by atoms with Crippen molar-refractivity contribution in [1.29, 1.82) is 5.26 Å². The first kappa shape index (κ1) is 11.6. The molecule has 1 aromatic rings. The number of fused-ring (bicyclic) bond motifs is 1. The summed E-state index contributed by atoms with van der Waals surface area (Å²) in [7, 11) is 0. The molecule has 0 aromatic heterocycles. The molecule has 2 rings (SSSR count). The Kier molecular flexibility index (Phi) is 3.40. The average molecular weight is 230 g/mol. The van der Waals surface area contributed by atoms with Gasteiger partial charge in [-0.25, -0.2) is 0 Å². The van der Waals surface area contributed by atoms with E-state index in [-0.39, 0.29) is 11.8 Å². The molecule has 4 nitrogen and oxygen atoms in total. The Labute approximate surface area is 100 Å². The van der Waals surface area contributed by atoms with E-state index in [1.165, 1.54) is 0 Å². The van der Waals surface area contributed by atoms with Crippen molar-refractivity contribution in [2.45, 2.75) is 20.1 Å². The van der Waals surface area contributed by atoms with Crippen molar-refractivity contribution in [3.63, 3.8) is 0 Å². The van der Waals surface area contributed by atoms with E-state index in [1.807, 2.05) is 12.1 Å². The van der Waals surface area contributed by atoms with E-state index in [1.54, 1.807) is 13.0 Å². The zero-order valence-electron chi connectivity index (χ0n) is 9.69. The summed E-state index contributed by atoms with van der Waals surface area (Å²) in [6.07, 6.45) is 0. The van der Waals surface area contributed by atoms with Crippen LogP contribution in [0.15, 0.2) is 18.2 Å². The molecule has 0 saturated carbocycles. The molecule has 1 amide bonds. The van der Waals surface area contributed by atoms with E-state index in [9.17, 15) is 4.79 Å². The Bertz CT molecular complexity index is 477. The van der Waals surface area contributed by atoms with Crippen molar-refractivity contribution in [2.24, 2.45) is 5.92 Å². The van der Waals surface area contributed by atoms with Gasteiger partial charge in [-0.1, -0.05) is 6.07 Å². The highest BCUT2D eigenvalue weighted by Crippen LogP contribution is 2.20. The lowest BCUT2D eigenvalue weighted by molar-refractivity contribution is 0.0950. The lowest BCUT2D eigenvalue weighted by Gasteiger charge is -2.07. The maximum Gasteiger partial charge on any atom is 0.251 e. The van der Waals surface area contributed by atoms with Crippen molar-refractivity contribution >= 4 is 5.91 Å². The van der Waals surface area contributed by atoms with Crippen LogP contribution in [0.3, 0.4) is 0 Å². The van der Waals surface area contributed by atoms with Gasteiger partial charge in [0.15, 0.2) is 0 Å². The first-order chi connectivity index (χ1) is 8.20. The topological polar surface area (TPSA) is 62.1 Å². The zero-order valence-corrected chi connectivity index (χ0v) is 9.69. The number of ether oxygens (including phenoxy) is 1. The minimum atomic E-state index is -0.170. The molecule has 0 bridgehead atoms. The Morgan fingerprint density at radius 2 is 2.29 bits per heavy atom. The normalized spacial score (nSPS) is 14.8. The highest BCUT2D eigenvalue weighted by molar-refractivity contribution is 5.94. The summed E-state index contributed by atoms with van der Waals surface area (Å²) in [6.45, 7) is 3.35. The Hall–Kier alpha value is -1.86. The second-order valence-electron chi connectivity index (χ2n) is 4.22. The summed E-state index contributed by atoms with van der Waals surface area (Å²) in [4.78, 5) is 11.8. The van der Waals surface area contributed by atoms with Gasteiger partial charge in [-0.3, -0.25) is 4.79 Å². The summed E-state index contributed by atoms with van der Waals surface area (Å²) in [5, 5.41) is 11.4. The molecule has 0 radical (unpaired) electrons. The first-order valence-electron chi connectivity index (χ1n) is 5.58. The fourth-order valence-corrected chi connectivity index (χ4v) is 1.71.